The van der Waals surface area contributed by atoms with Crippen LogP contribution in [0.1, 0.15) is 20.3 Å². The zero-order valence-corrected chi connectivity index (χ0v) is 10.4. The number of ether oxygens (including phenoxy) is 1. The highest BCUT2D eigenvalue weighted by Gasteiger charge is 2.33. The molecule has 0 aromatic carbocycles. The summed E-state index contributed by atoms with van der Waals surface area (Å²) >= 11 is 0. The van der Waals surface area contributed by atoms with Crippen LogP contribution in [0.15, 0.2) is 0 Å². The van der Waals surface area contributed by atoms with E-state index in [1.165, 1.54) is 0 Å². The van der Waals surface area contributed by atoms with Gasteiger partial charge in [0.05, 0.1) is 18.7 Å². The number of carbonyl (C=O) groups excluding carboxylic acids is 2. The van der Waals surface area contributed by atoms with Crippen molar-refractivity contribution in [1.82, 2.24) is 10.2 Å². The number of carbonyl (C=O) groups is 2. The largest absolute Gasteiger partial charge is 0.376 e. The molecular weight excluding hydrogens is 222 g/mol. The highest BCUT2D eigenvalue weighted by Crippen LogP contribution is 2.10. The Bertz CT molecular complexity index is 283. The highest BCUT2D eigenvalue weighted by molar-refractivity contribution is 6.01. The van der Waals surface area contributed by atoms with Crippen molar-refractivity contribution in [2.24, 2.45) is 5.73 Å². The van der Waals surface area contributed by atoms with Gasteiger partial charge in [0.1, 0.15) is 0 Å². The Morgan fingerprint density at radius 1 is 1.53 bits per heavy atom. The Labute approximate surface area is 101 Å². The lowest BCUT2D eigenvalue weighted by Crippen LogP contribution is -2.59. The molecule has 0 bridgehead atoms. The molecule has 17 heavy (non-hydrogen) atoms. The summed E-state index contributed by atoms with van der Waals surface area (Å²) < 4.78 is 5.45. The van der Waals surface area contributed by atoms with Crippen LogP contribution in [-0.2, 0) is 14.3 Å². The van der Waals surface area contributed by atoms with Crippen molar-refractivity contribution in [2.45, 2.75) is 32.4 Å². The minimum absolute atomic E-state index is 0.132. The number of rotatable bonds is 6. The van der Waals surface area contributed by atoms with Crippen molar-refractivity contribution in [1.29, 1.82) is 0 Å². The van der Waals surface area contributed by atoms with Crippen LogP contribution in [0.25, 0.3) is 0 Å². The number of nitrogens with zero attached hydrogens (tertiary/aromatic N) is 1. The molecule has 0 aromatic rings. The van der Waals surface area contributed by atoms with Crippen molar-refractivity contribution in [2.75, 3.05) is 26.2 Å². The summed E-state index contributed by atoms with van der Waals surface area (Å²) in [5, 5.41) is 2.34. The third kappa shape index (κ3) is 3.76. The molecule has 3 N–H and O–H groups in total. The molecule has 1 rings (SSSR count). The van der Waals surface area contributed by atoms with Crippen molar-refractivity contribution < 1.29 is 14.3 Å². The molecule has 1 aliphatic rings. The van der Waals surface area contributed by atoms with Crippen LogP contribution in [0.3, 0.4) is 0 Å². The molecule has 0 aromatic heterocycles. The van der Waals surface area contributed by atoms with E-state index in [0.29, 0.717) is 26.1 Å². The van der Waals surface area contributed by atoms with Gasteiger partial charge in [-0.25, -0.2) is 0 Å². The molecular formula is C11H21N3O3. The third-order valence-corrected chi connectivity index (χ3v) is 2.84. The Kier molecular flexibility index (Phi) is 5.54. The molecule has 1 fully saturated rings. The van der Waals surface area contributed by atoms with Gasteiger partial charge in [-0.1, -0.05) is 6.92 Å². The maximum Gasteiger partial charge on any atom is 0.243 e. The Balaban J connectivity index is 2.64. The average Bonchev–Trinajstić information content (AvgIpc) is 2.28. The van der Waals surface area contributed by atoms with Gasteiger partial charge in [0.2, 0.25) is 11.8 Å². The molecule has 6 heteroatoms. The van der Waals surface area contributed by atoms with Crippen molar-refractivity contribution >= 4 is 11.8 Å². The SMILES string of the molecule is CCOC(CN)CN1CC(=O)NC(=O)C1CC. The molecule has 6 nitrogen and oxygen atoms in total. The first-order valence-electron chi connectivity index (χ1n) is 6.01. The molecule has 2 unspecified atom stereocenters. The number of nitrogens with two attached hydrogens (primary N) is 1. The molecule has 0 radical (unpaired) electrons. The van der Waals surface area contributed by atoms with Crippen molar-refractivity contribution in [3.63, 3.8) is 0 Å². The quantitative estimate of drug-likeness (QED) is 0.590. The first kappa shape index (κ1) is 14.1. The molecule has 0 spiro atoms. The summed E-state index contributed by atoms with van der Waals surface area (Å²) in [6.45, 7) is 5.53. The Hall–Kier alpha value is -0.980. The van der Waals surface area contributed by atoms with E-state index in [1.54, 1.807) is 0 Å². The Morgan fingerprint density at radius 2 is 2.24 bits per heavy atom. The monoisotopic (exact) mass is 243 g/mol. The summed E-state index contributed by atoms with van der Waals surface area (Å²) in [5.74, 6) is -0.483. The predicted molar refractivity (Wildman–Crippen MR) is 63.3 cm³/mol. The lowest BCUT2D eigenvalue weighted by atomic mass is 10.1. The van der Waals surface area contributed by atoms with Gasteiger partial charge < -0.3 is 10.5 Å². The van der Waals surface area contributed by atoms with Crippen LogP contribution in [-0.4, -0.2) is 55.1 Å². The zero-order valence-electron chi connectivity index (χ0n) is 10.4. The summed E-state index contributed by atoms with van der Waals surface area (Å²) in [5.41, 5.74) is 5.60. The smallest absolute Gasteiger partial charge is 0.243 e. The van der Waals surface area contributed by atoms with E-state index >= 15 is 0 Å². The first-order valence-corrected chi connectivity index (χ1v) is 6.01. The van der Waals surface area contributed by atoms with Gasteiger partial charge in [-0.15, -0.1) is 0 Å². The molecule has 98 valence electrons. The lowest BCUT2D eigenvalue weighted by molar-refractivity contribution is -0.141. The second-order valence-electron chi connectivity index (χ2n) is 4.08. The fraction of sp³-hybridized carbons (Fsp3) is 0.818. The van der Waals surface area contributed by atoms with Crippen LogP contribution < -0.4 is 11.1 Å². The molecule has 1 saturated heterocycles. The number of imide groups is 1. The molecule has 2 atom stereocenters. The van der Waals surface area contributed by atoms with Crippen LogP contribution >= 0.6 is 0 Å². The number of hydrogen-bond acceptors (Lipinski definition) is 5. The second-order valence-corrected chi connectivity index (χ2v) is 4.08. The molecule has 0 aliphatic carbocycles. The van der Waals surface area contributed by atoms with Gasteiger partial charge in [0.25, 0.3) is 0 Å². The predicted octanol–water partition coefficient (Wildman–Crippen LogP) is -0.913. The maximum absolute atomic E-state index is 11.6. The van der Waals surface area contributed by atoms with Gasteiger partial charge >= 0.3 is 0 Å². The summed E-state index contributed by atoms with van der Waals surface area (Å²) in [6, 6.07) is -0.262. The second kappa shape index (κ2) is 6.68. The summed E-state index contributed by atoms with van der Waals surface area (Å²) in [6.07, 6.45) is 0.537. The summed E-state index contributed by atoms with van der Waals surface area (Å²) in [7, 11) is 0. The van der Waals surface area contributed by atoms with E-state index in [9.17, 15) is 9.59 Å². The van der Waals surface area contributed by atoms with Crippen LogP contribution in [0.4, 0.5) is 0 Å². The first-order chi connectivity index (χ1) is 8.12. The van der Waals surface area contributed by atoms with E-state index < -0.39 is 0 Å². The zero-order chi connectivity index (χ0) is 12.8. The molecule has 1 aliphatic heterocycles. The third-order valence-electron chi connectivity index (χ3n) is 2.84. The minimum atomic E-state index is -0.262. The van der Waals surface area contributed by atoms with E-state index in [1.807, 2.05) is 18.7 Å². The van der Waals surface area contributed by atoms with E-state index in [2.05, 4.69) is 5.32 Å². The number of amides is 2. The van der Waals surface area contributed by atoms with Gasteiger partial charge in [-0.05, 0) is 13.3 Å². The maximum atomic E-state index is 11.6. The number of piperazine rings is 1. The number of hydrogen-bond donors (Lipinski definition) is 2. The normalized spacial score (nSPS) is 23.6. The van der Waals surface area contributed by atoms with E-state index in [0.717, 1.165) is 0 Å². The van der Waals surface area contributed by atoms with E-state index in [-0.39, 0.29) is 30.5 Å². The standard InChI is InChI=1S/C11H21N3O3/c1-3-9-11(16)13-10(15)7-14(9)6-8(5-12)17-4-2/h8-9H,3-7,12H2,1-2H3,(H,13,15,16). The average molecular weight is 243 g/mol. The van der Waals surface area contributed by atoms with Gasteiger partial charge in [-0.2, -0.15) is 0 Å². The summed E-state index contributed by atoms with van der Waals surface area (Å²) in [4.78, 5) is 24.8. The Morgan fingerprint density at radius 3 is 2.76 bits per heavy atom. The fourth-order valence-electron chi connectivity index (χ4n) is 2.05. The highest BCUT2D eigenvalue weighted by atomic mass is 16.5. The minimum Gasteiger partial charge on any atom is -0.376 e. The fourth-order valence-corrected chi connectivity index (χ4v) is 2.05. The van der Waals surface area contributed by atoms with Crippen molar-refractivity contribution in [3.8, 4) is 0 Å². The van der Waals surface area contributed by atoms with Crippen LogP contribution in [0, 0.1) is 0 Å². The molecule has 0 saturated carbocycles. The van der Waals surface area contributed by atoms with Crippen molar-refractivity contribution in [3.05, 3.63) is 0 Å². The molecule has 2 amide bonds. The van der Waals surface area contributed by atoms with E-state index in [4.69, 9.17) is 10.5 Å². The van der Waals surface area contributed by atoms with Gasteiger partial charge in [0, 0.05) is 19.7 Å². The van der Waals surface area contributed by atoms with Gasteiger partial charge in [0.15, 0.2) is 0 Å². The lowest BCUT2D eigenvalue weighted by Gasteiger charge is -2.35. The van der Waals surface area contributed by atoms with Crippen LogP contribution in [0.5, 0.6) is 0 Å². The van der Waals surface area contributed by atoms with Crippen LogP contribution in [0.2, 0.25) is 0 Å². The molecule has 1 heterocycles. The van der Waals surface area contributed by atoms with Gasteiger partial charge in [-0.3, -0.25) is 19.8 Å². The number of nitrogens with one attached hydrogen (secondary N) is 1. The topological polar surface area (TPSA) is 84.7 Å².